The van der Waals surface area contributed by atoms with Crippen LogP contribution in [-0.4, -0.2) is 35.1 Å². The predicted molar refractivity (Wildman–Crippen MR) is 104 cm³/mol. The lowest BCUT2D eigenvalue weighted by Gasteiger charge is -2.11. The van der Waals surface area contributed by atoms with Gasteiger partial charge in [-0.2, -0.15) is 0 Å². The Bertz CT molecular complexity index is 988. The number of likely N-dealkylation sites (N-methyl/N-ethyl adjacent to an activating group) is 1. The summed E-state index contributed by atoms with van der Waals surface area (Å²) in [6, 6.07) is 11.3. The predicted octanol–water partition coefficient (Wildman–Crippen LogP) is 3.85. The first-order chi connectivity index (χ1) is 13.4. The number of hydrogen-bond donors (Lipinski definition) is 0. The van der Waals surface area contributed by atoms with E-state index in [-0.39, 0.29) is 23.4 Å². The molecule has 8 nitrogen and oxygen atoms in total. The molecule has 1 aliphatic heterocycles. The van der Waals surface area contributed by atoms with Crippen molar-refractivity contribution in [3.05, 3.63) is 68.6 Å². The van der Waals surface area contributed by atoms with Crippen LogP contribution in [0.2, 0.25) is 0 Å². The minimum Gasteiger partial charge on any atom is -0.493 e. The first kappa shape index (κ1) is 19.4. The maximum absolute atomic E-state index is 12.0. The number of methoxy groups -OCH3 is 1. The summed E-state index contributed by atoms with van der Waals surface area (Å²) in [4.78, 5) is 35.4. The van der Waals surface area contributed by atoms with E-state index in [4.69, 9.17) is 9.47 Å². The number of nitro benzene ring substituents is 1. The van der Waals surface area contributed by atoms with Crippen molar-refractivity contribution in [3.8, 4) is 11.5 Å². The number of nitro groups is 1. The van der Waals surface area contributed by atoms with Crippen LogP contribution in [0, 0.1) is 10.1 Å². The van der Waals surface area contributed by atoms with Crippen molar-refractivity contribution < 1.29 is 24.0 Å². The van der Waals surface area contributed by atoms with Crippen LogP contribution >= 0.6 is 11.8 Å². The first-order valence-corrected chi connectivity index (χ1v) is 8.96. The van der Waals surface area contributed by atoms with Gasteiger partial charge >= 0.3 is 0 Å². The Kier molecular flexibility index (Phi) is 5.65. The quantitative estimate of drug-likeness (QED) is 0.412. The zero-order valence-electron chi connectivity index (χ0n) is 15.1. The molecule has 2 aromatic carbocycles. The van der Waals surface area contributed by atoms with Crippen molar-refractivity contribution in [1.82, 2.24) is 4.90 Å². The lowest BCUT2D eigenvalue weighted by atomic mass is 10.1. The van der Waals surface area contributed by atoms with Gasteiger partial charge in [-0.3, -0.25) is 24.6 Å². The zero-order valence-corrected chi connectivity index (χ0v) is 15.9. The number of thioether (sulfide) groups is 1. The lowest BCUT2D eigenvalue weighted by molar-refractivity contribution is -0.384. The van der Waals surface area contributed by atoms with Crippen molar-refractivity contribution >= 4 is 34.7 Å². The van der Waals surface area contributed by atoms with Crippen LogP contribution in [0.3, 0.4) is 0 Å². The summed E-state index contributed by atoms with van der Waals surface area (Å²) in [6.45, 7) is 0.131. The molecule has 0 unspecified atom stereocenters. The van der Waals surface area contributed by atoms with Crippen LogP contribution in [0.4, 0.5) is 10.5 Å². The Morgan fingerprint density at radius 2 is 1.96 bits per heavy atom. The van der Waals surface area contributed by atoms with Gasteiger partial charge in [0.05, 0.1) is 16.9 Å². The highest BCUT2D eigenvalue weighted by Gasteiger charge is 2.31. The number of hydrogen-bond acceptors (Lipinski definition) is 7. The van der Waals surface area contributed by atoms with Crippen LogP contribution in [-0.2, 0) is 11.4 Å². The molecule has 2 amide bonds. The standard InChI is InChI=1S/C19H16N2O6S/c1-20-18(22)17(28-19(20)23)10-12-6-7-15(16(9-12)26-2)27-11-13-4-3-5-14(8-13)21(24)25/h3-10H,11H2,1-2H3/b17-10-. The van der Waals surface area contributed by atoms with Crippen LogP contribution in [0.1, 0.15) is 11.1 Å². The van der Waals surface area contributed by atoms with E-state index in [9.17, 15) is 19.7 Å². The minimum atomic E-state index is -0.461. The van der Waals surface area contributed by atoms with Gasteiger partial charge < -0.3 is 9.47 Å². The van der Waals surface area contributed by atoms with Gasteiger partial charge in [0, 0.05) is 19.2 Å². The largest absolute Gasteiger partial charge is 0.493 e. The molecule has 0 bridgehead atoms. The highest BCUT2D eigenvalue weighted by molar-refractivity contribution is 8.18. The number of amides is 2. The third-order valence-electron chi connectivity index (χ3n) is 3.99. The van der Waals surface area contributed by atoms with Crippen molar-refractivity contribution in [2.24, 2.45) is 0 Å². The monoisotopic (exact) mass is 400 g/mol. The Labute approximate surface area is 164 Å². The van der Waals surface area contributed by atoms with Crippen LogP contribution < -0.4 is 9.47 Å². The van der Waals surface area contributed by atoms with E-state index in [0.29, 0.717) is 27.5 Å². The number of carbonyl (C=O) groups is 2. The van der Waals surface area contributed by atoms with E-state index < -0.39 is 4.92 Å². The molecule has 28 heavy (non-hydrogen) atoms. The summed E-state index contributed by atoms with van der Waals surface area (Å²) in [7, 11) is 2.92. The van der Waals surface area contributed by atoms with Crippen molar-refractivity contribution in [2.75, 3.05) is 14.2 Å². The van der Waals surface area contributed by atoms with E-state index >= 15 is 0 Å². The number of rotatable bonds is 6. The van der Waals surface area contributed by atoms with E-state index in [1.807, 2.05) is 0 Å². The Morgan fingerprint density at radius 1 is 1.18 bits per heavy atom. The molecule has 3 rings (SSSR count). The molecule has 9 heteroatoms. The van der Waals surface area contributed by atoms with Gasteiger partial charge in [0.1, 0.15) is 6.61 Å². The molecule has 1 fully saturated rings. The van der Waals surface area contributed by atoms with E-state index in [0.717, 1.165) is 16.7 Å². The van der Waals surface area contributed by atoms with Crippen molar-refractivity contribution in [3.63, 3.8) is 0 Å². The molecule has 0 aromatic heterocycles. The van der Waals surface area contributed by atoms with Gasteiger partial charge in [-0.05, 0) is 41.1 Å². The molecule has 1 heterocycles. The van der Waals surface area contributed by atoms with E-state index in [1.165, 1.54) is 26.3 Å². The Hall–Kier alpha value is -3.33. The second-order valence-corrected chi connectivity index (χ2v) is 6.86. The maximum Gasteiger partial charge on any atom is 0.293 e. The smallest absolute Gasteiger partial charge is 0.293 e. The molecule has 0 spiro atoms. The molecule has 0 aliphatic carbocycles. The zero-order chi connectivity index (χ0) is 20.3. The van der Waals surface area contributed by atoms with Crippen molar-refractivity contribution in [1.29, 1.82) is 0 Å². The number of ether oxygens (including phenoxy) is 2. The molecular formula is C19H16N2O6S. The third kappa shape index (κ3) is 4.15. The molecule has 0 radical (unpaired) electrons. The number of nitrogens with zero attached hydrogens (tertiary/aromatic N) is 2. The fourth-order valence-electron chi connectivity index (χ4n) is 2.51. The van der Waals surface area contributed by atoms with Gasteiger partial charge in [0.2, 0.25) is 0 Å². The van der Waals surface area contributed by atoms with Crippen molar-refractivity contribution in [2.45, 2.75) is 6.61 Å². The summed E-state index contributed by atoms with van der Waals surface area (Å²) < 4.78 is 11.1. The molecule has 0 N–H and O–H groups in total. The molecule has 1 saturated heterocycles. The summed E-state index contributed by atoms with van der Waals surface area (Å²) in [5.41, 5.74) is 1.32. The van der Waals surface area contributed by atoms with E-state index in [2.05, 4.69) is 0 Å². The minimum absolute atomic E-state index is 0.00622. The average Bonchev–Trinajstić information content (AvgIpc) is 2.93. The second-order valence-electron chi connectivity index (χ2n) is 5.87. The fraction of sp³-hybridized carbons (Fsp3) is 0.158. The molecule has 0 saturated carbocycles. The normalized spacial score (nSPS) is 15.2. The summed E-state index contributed by atoms with van der Waals surface area (Å²) in [5, 5.41) is 10.5. The van der Waals surface area contributed by atoms with Gasteiger partial charge in [-0.25, -0.2) is 0 Å². The molecule has 144 valence electrons. The molecule has 0 atom stereocenters. The Balaban J connectivity index is 1.77. The number of benzene rings is 2. The van der Waals surface area contributed by atoms with E-state index in [1.54, 1.807) is 36.4 Å². The van der Waals surface area contributed by atoms with Gasteiger partial charge in [-0.1, -0.05) is 18.2 Å². The maximum atomic E-state index is 12.0. The SMILES string of the molecule is COc1cc(/C=C2\SC(=O)N(C)C2=O)ccc1OCc1cccc([N+](=O)[O-])c1. The number of carbonyl (C=O) groups excluding carboxylic acids is 2. The number of non-ortho nitro benzene ring substituents is 1. The van der Waals surface area contributed by atoms with Crippen LogP contribution in [0.25, 0.3) is 6.08 Å². The summed E-state index contributed by atoms with van der Waals surface area (Å²) >= 11 is 0.877. The fourth-order valence-corrected chi connectivity index (χ4v) is 3.34. The molecule has 1 aliphatic rings. The third-order valence-corrected chi connectivity index (χ3v) is 4.95. The van der Waals surface area contributed by atoms with Crippen LogP contribution in [0.5, 0.6) is 11.5 Å². The van der Waals surface area contributed by atoms with Gasteiger partial charge in [-0.15, -0.1) is 0 Å². The molecular weight excluding hydrogens is 384 g/mol. The first-order valence-electron chi connectivity index (χ1n) is 8.15. The molecule has 2 aromatic rings. The number of imide groups is 1. The van der Waals surface area contributed by atoms with Crippen LogP contribution in [0.15, 0.2) is 47.4 Å². The topological polar surface area (TPSA) is 99.0 Å². The highest BCUT2D eigenvalue weighted by atomic mass is 32.2. The summed E-state index contributed by atoms with van der Waals surface area (Å²) in [6.07, 6.45) is 1.61. The Morgan fingerprint density at radius 3 is 2.61 bits per heavy atom. The highest BCUT2D eigenvalue weighted by Crippen LogP contribution is 2.34. The summed E-state index contributed by atoms with van der Waals surface area (Å²) in [5.74, 6) is 0.546. The van der Waals surface area contributed by atoms with Gasteiger partial charge in [0.25, 0.3) is 16.8 Å². The van der Waals surface area contributed by atoms with Gasteiger partial charge in [0.15, 0.2) is 11.5 Å². The lowest BCUT2D eigenvalue weighted by Crippen LogP contribution is -2.22. The average molecular weight is 400 g/mol. The second kappa shape index (κ2) is 8.13.